The van der Waals surface area contributed by atoms with Crippen molar-refractivity contribution in [3.63, 3.8) is 0 Å². The summed E-state index contributed by atoms with van der Waals surface area (Å²) in [6, 6.07) is 5.38. The van der Waals surface area contributed by atoms with Crippen LogP contribution in [-0.4, -0.2) is 24.3 Å². The van der Waals surface area contributed by atoms with Crippen molar-refractivity contribution in [3.05, 3.63) is 56.2 Å². The molecule has 0 atom stereocenters. The van der Waals surface area contributed by atoms with E-state index in [4.69, 9.17) is 0 Å². The second-order valence-electron chi connectivity index (χ2n) is 4.45. The first-order valence-corrected chi connectivity index (χ1v) is 7.53. The van der Waals surface area contributed by atoms with Gasteiger partial charge in [0, 0.05) is 6.54 Å². The SMILES string of the molecule is CN(CC(=O)c1c(F)cccc1F)Cc1csc(Br)c1. The van der Waals surface area contributed by atoms with Crippen LogP contribution in [0.4, 0.5) is 8.78 Å². The zero-order valence-electron chi connectivity index (χ0n) is 10.7. The Labute approximate surface area is 128 Å². The molecule has 0 unspecified atom stereocenters. The fourth-order valence-corrected chi connectivity index (χ4v) is 3.09. The summed E-state index contributed by atoms with van der Waals surface area (Å²) in [5.41, 5.74) is 0.581. The first kappa shape index (κ1) is 15.3. The van der Waals surface area contributed by atoms with Crippen LogP contribution in [0.15, 0.2) is 33.4 Å². The fourth-order valence-electron chi connectivity index (χ4n) is 1.88. The molecular formula is C14H12BrF2NOS. The van der Waals surface area contributed by atoms with Crippen LogP contribution in [0.3, 0.4) is 0 Å². The van der Waals surface area contributed by atoms with Gasteiger partial charge in [-0.15, -0.1) is 11.3 Å². The number of carbonyl (C=O) groups is 1. The van der Waals surface area contributed by atoms with E-state index in [1.807, 2.05) is 11.4 Å². The lowest BCUT2D eigenvalue weighted by Gasteiger charge is -2.15. The number of halogens is 3. The Morgan fingerprint density at radius 1 is 1.35 bits per heavy atom. The third-order valence-corrected chi connectivity index (χ3v) is 4.28. The summed E-state index contributed by atoms with van der Waals surface area (Å²) in [5, 5.41) is 1.97. The Hall–Kier alpha value is -1.11. The first-order valence-electron chi connectivity index (χ1n) is 5.86. The lowest BCUT2D eigenvalue weighted by atomic mass is 10.1. The average Bonchev–Trinajstić information content (AvgIpc) is 2.74. The number of nitrogens with zero attached hydrogens (tertiary/aromatic N) is 1. The van der Waals surface area contributed by atoms with Crippen molar-refractivity contribution in [2.45, 2.75) is 6.54 Å². The van der Waals surface area contributed by atoms with Crippen LogP contribution >= 0.6 is 27.3 Å². The number of hydrogen-bond donors (Lipinski definition) is 0. The first-order chi connectivity index (χ1) is 9.47. The standard InChI is InChI=1S/C14H12BrF2NOS/c1-18(6-9-5-13(15)20-8-9)7-12(19)14-10(16)3-2-4-11(14)17/h2-5,8H,6-7H2,1H3. The van der Waals surface area contributed by atoms with Crippen molar-refractivity contribution in [1.82, 2.24) is 4.90 Å². The third-order valence-electron chi connectivity index (χ3n) is 2.73. The van der Waals surface area contributed by atoms with Gasteiger partial charge >= 0.3 is 0 Å². The maximum absolute atomic E-state index is 13.5. The van der Waals surface area contributed by atoms with E-state index in [1.54, 1.807) is 23.3 Å². The van der Waals surface area contributed by atoms with Gasteiger partial charge < -0.3 is 0 Å². The molecular weight excluding hydrogens is 348 g/mol. The van der Waals surface area contributed by atoms with E-state index in [0.29, 0.717) is 6.54 Å². The fraction of sp³-hybridized carbons (Fsp3) is 0.214. The second kappa shape index (κ2) is 6.56. The van der Waals surface area contributed by atoms with E-state index in [-0.39, 0.29) is 6.54 Å². The number of thiophene rings is 1. The summed E-state index contributed by atoms with van der Waals surface area (Å²) >= 11 is 4.91. The molecule has 1 aromatic carbocycles. The zero-order valence-corrected chi connectivity index (χ0v) is 13.1. The number of hydrogen-bond acceptors (Lipinski definition) is 3. The van der Waals surface area contributed by atoms with E-state index in [1.165, 1.54) is 6.07 Å². The quantitative estimate of drug-likeness (QED) is 0.749. The molecule has 2 rings (SSSR count). The van der Waals surface area contributed by atoms with Gasteiger partial charge in [-0.2, -0.15) is 0 Å². The monoisotopic (exact) mass is 359 g/mol. The molecule has 106 valence electrons. The molecule has 0 fully saturated rings. The molecule has 0 N–H and O–H groups in total. The highest BCUT2D eigenvalue weighted by Gasteiger charge is 2.18. The van der Waals surface area contributed by atoms with Gasteiger partial charge in [0.1, 0.15) is 11.6 Å². The Balaban J connectivity index is 2.04. The summed E-state index contributed by atoms with van der Waals surface area (Å²) in [4.78, 5) is 13.7. The van der Waals surface area contributed by atoms with Crippen molar-refractivity contribution < 1.29 is 13.6 Å². The molecule has 0 spiro atoms. The van der Waals surface area contributed by atoms with Crippen LogP contribution in [0.2, 0.25) is 0 Å². The van der Waals surface area contributed by atoms with Gasteiger partial charge in [-0.05, 0) is 52.1 Å². The second-order valence-corrected chi connectivity index (χ2v) is 6.74. The molecule has 0 saturated carbocycles. The Kier molecular flexibility index (Phi) is 5.01. The molecule has 1 aromatic heterocycles. The van der Waals surface area contributed by atoms with Crippen LogP contribution in [-0.2, 0) is 6.54 Å². The Morgan fingerprint density at radius 2 is 2.00 bits per heavy atom. The van der Waals surface area contributed by atoms with E-state index in [9.17, 15) is 13.6 Å². The largest absolute Gasteiger partial charge is 0.295 e. The highest BCUT2D eigenvalue weighted by molar-refractivity contribution is 9.11. The number of rotatable bonds is 5. The third kappa shape index (κ3) is 3.71. The molecule has 0 saturated heterocycles. The molecule has 0 aliphatic heterocycles. The molecule has 20 heavy (non-hydrogen) atoms. The van der Waals surface area contributed by atoms with E-state index in [2.05, 4.69) is 15.9 Å². The number of likely N-dealkylation sites (N-methyl/N-ethyl adjacent to an activating group) is 1. The smallest absolute Gasteiger partial charge is 0.182 e. The molecule has 0 aliphatic rings. The summed E-state index contributed by atoms with van der Waals surface area (Å²) in [6.07, 6.45) is 0. The van der Waals surface area contributed by atoms with Crippen molar-refractivity contribution in [2.75, 3.05) is 13.6 Å². The molecule has 0 aliphatic carbocycles. The van der Waals surface area contributed by atoms with Crippen molar-refractivity contribution >= 4 is 33.0 Å². The molecule has 2 nitrogen and oxygen atoms in total. The Morgan fingerprint density at radius 3 is 2.55 bits per heavy atom. The lowest BCUT2D eigenvalue weighted by Crippen LogP contribution is -2.26. The normalized spacial score (nSPS) is 11.1. The van der Waals surface area contributed by atoms with Crippen LogP contribution in [0.25, 0.3) is 0 Å². The van der Waals surface area contributed by atoms with E-state index < -0.39 is 23.0 Å². The summed E-state index contributed by atoms with van der Waals surface area (Å²) in [5.74, 6) is -2.19. The topological polar surface area (TPSA) is 20.3 Å². The maximum Gasteiger partial charge on any atom is 0.182 e. The number of Topliss-reactive ketones (excluding diaryl/α,β-unsaturated/α-hetero) is 1. The van der Waals surface area contributed by atoms with E-state index >= 15 is 0 Å². The molecule has 1 heterocycles. The van der Waals surface area contributed by atoms with Gasteiger partial charge in [0.05, 0.1) is 15.9 Å². The van der Waals surface area contributed by atoms with Gasteiger partial charge in [0.2, 0.25) is 0 Å². The van der Waals surface area contributed by atoms with Crippen LogP contribution in [0.1, 0.15) is 15.9 Å². The minimum atomic E-state index is -0.818. The van der Waals surface area contributed by atoms with E-state index in [0.717, 1.165) is 21.5 Å². The average molecular weight is 360 g/mol. The lowest BCUT2D eigenvalue weighted by molar-refractivity contribution is 0.0935. The summed E-state index contributed by atoms with van der Waals surface area (Å²) in [7, 11) is 1.74. The molecule has 2 aromatic rings. The predicted octanol–water partition coefficient (Wildman–Crippen LogP) is 4.10. The predicted molar refractivity (Wildman–Crippen MR) is 79.0 cm³/mol. The van der Waals surface area contributed by atoms with Crippen molar-refractivity contribution in [3.8, 4) is 0 Å². The molecule has 0 radical (unpaired) electrons. The van der Waals surface area contributed by atoms with Crippen molar-refractivity contribution in [2.24, 2.45) is 0 Å². The van der Waals surface area contributed by atoms with Gasteiger partial charge in [-0.3, -0.25) is 9.69 Å². The summed E-state index contributed by atoms with van der Waals surface area (Å²) < 4.78 is 28.0. The molecule has 0 bridgehead atoms. The molecule has 6 heteroatoms. The minimum absolute atomic E-state index is 0.0364. The van der Waals surface area contributed by atoms with Crippen LogP contribution < -0.4 is 0 Å². The van der Waals surface area contributed by atoms with Crippen molar-refractivity contribution in [1.29, 1.82) is 0 Å². The van der Waals surface area contributed by atoms with Gasteiger partial charge in [0.15, 0.2) is 5.78 Å². The number of benzene rings is 1. The van der Waals surface area contributed by atoms with Crippen LogP contribution in [0, 0.1) is 11.6 Å². The van der Waals surface area contributed by atoms with Gasteiger partial charge in [-0.1, -0.05) is 6.07 Å². The zero-order chi connectivity index (χ0) is 14.7. The molecule has 0 amide bonds. The number of carbonyl (C=O) groups excluding carboxylic acids is 1. The highest BCUT2D eigenvalue weighted by Crippen LogP contribution is 2.21. The highest BCUT2D eigenvalue weighted by atomic mass is 79.9. The Bertz CT molecular complexity index is 609. The van der Waals surface area contributed by atoms with Gasteiger partial charge in [-0.25, -0.2) is 8.78 Å². The summed E-state index contributed by atoms with van der Waals surface area (Å²) in [6.45, 7) is 0.509. The van der Waals surface area contributed by atoms with Gasteiger partial charge in [0.25, 0.3) is 0 Å². The maximum atomic E-state index is 13.5. The minimum Gasteiger partial charge on any atom is -0.295 e. The number of ketones is 1. The van der Waals surface area contributed by atoms with Crippen LogP contribution in [0.5, 0.6) is 0 Å².